The Labute approximate surface area is 55.2 Å². The minimum absolute atomic E-state index is 0.0961. The van der Waals surface area contributed by atoms with E-state index >= 15 is 0 Å². The first-order valence-electron chi connectivity index (χ1n) is 3.23. The largest absolute Gasteiger partial charge is 0.480 e. The molecule has 0 amide bonds. The quantitative estimate of drug-likeness (QED) is 0.465. The van der Waals surface area contributed by atoms with Crippen molar-refractivity contribution >= 4 is 5.97 Å². The van der Waals surface area contributed by atoms with E-state index in [0.29, 0.717) is 13.0 Å². The average Bonchev–Trinajstić information content (AvgIpc) is 1.84. The normalized spacial score (nSPS) is 18.2. The fourth-order valence-corrected chi connectivity index (χ4v) is 0.399. The van der Waals surface area contributed by atoms with Crippen LogP contribution in [0.1, 0.15) is 14.2 Å². The van der Waals surface area contributed by atoms with Crippen molar-refractivity contribution in [2.45, 2.75) is 18.9 Å². The van der Waals surface area contributed by atoms with Gasteiger partial charge < -0.3 is 16.6 Å². The van der Waals surface area contributed by atoms with Crippen molar-refractivity contribution in [1.29, 1.82) is 0 Å². The fraction of sp³-hybridized carbons (Fsp3) is 0.800. The molecule has 0 fully saturated rings. The van der Waals surface area contributed by atoms with Crippen LogP contribution in [0.3, 0.4) is 0 Å². The zero-order valence-corrected chi connectivity index (χ0v) is 5.13. The Morgan fingerprint density at radius 2 is 2.44 bits per heavy atom. The maximum absolute atomic E-state index is 10.2. The van der Waals surface area contributed by atoms with E-state index in [4.69, 9.17) is 17.9 Å². The van der Waals surface area contributed by atoms with Gasteiger partial charge in [0.15, 0.2) is 0 Å². The molecule has 0 bridgehead atoms. The highest BCUT2D eigenvalue weighted by Crippen LogP contribution is 1.91. The highest BCUT2D eigenvalue weighted by Gasteiger charge is 2.08. The van der Waals surface area contributed by atoms with Crippen LogP contribution < -0.4 is 11.5 Å². The molecule has 0 aliphatic rings. The van der Waals surface area contributed by atoms with Crippen LogP contribution in [0.2, 0.25) is 0 Å². The molecule has 0 aromatic rings. The lowest BCUT2D eigenvalue weighted by molar-refractivity contribution is -0.138. The van der Waals surface area contributed by atoms with E-state index in [9.17, 15) is 4.79 Å². The molecule has 4 nitrogen and oxygen atoms in total. The number of aliphatic carboxylic acids is 1. The van der Waals surface area contributed by atoms with E-state index in [0.717, 1.165) is 0 Å². The van der Waals surface area contributed by atoms with Gasteiger partial charge in [0.25, 0.3) is 0 Å². The summed E-state index contributed by atoms with van der Waals surface area (Å²) in [4.78, 5) is 10.2. The molecule has 0 spiro atoms. The number of carbonyl (C=O) groups is 1. The molecule has 5 N–H and O–H groups in total. The molecule has 0 aromatic carbocycles. The van der Waals surface area contributed by atoms with E-state index in [1.807, 2.05) is 0 Å². The predicted octanol–water partition coefficient (Wildman–Crippen LogP) is -0.863. The monoisotopic (exact) mass is 133 g/mol. The van der Waals surface area contributed by atoms with Crippen molar-refractivity contribution in [2.75, 3.05) is 6.54 Å². The van der Waals surface area contributed by atoms with E-state index in [1.165, 1.54) is 0 Å². The molecule has 4 heteroatoms. The Balaban J connectivity index is 3.75. The van der Waals surface area contributed by atoms with Crippen molar-refractivity contribution in [2.24, 2.45) is 11.5 Å². The number of nitrogens with two attached hydrogens (primary N) is 2. The SMILES string of the molecule is [2H]C(N)(CCCN)C(=O)O. The number of hydrogen-bond acceptors (Lipinski definition) is 3. The molecule has 0 saturated heterocycles. The van der Waals surface area contributed by atoms with Gasteiger partial charge in [-0.3, -0.25) is 4.79 Å². The van der Waals surface area contributed by atoms with Gasteiger partial charge in [-0.25, -0.2) is 0 Å². The van der Waals surface area contributed by atoms with Gasteiger partial charge in [0.2, 0.25) is 0 Å². The summed E-state index contributed by atoms with van der Waals surface area (Å²) in [6.07, 6.45) is 0.561. The number of rotatable bonds is 4. The third-order valence-corrected chi connectivity index (χ3v) is 0.925. The van der Waals surface area contributed by atoms with Crippen LogP contribution in [0.4, 0.5) is 0 Å². The maximum Gasteiger partial charge on any atom is 0.320 e. The maximum atomic E-state index is 10.2. The van der Waals surface area contributed by atoms with Crippen molar-refractivity contribution in [3.63, 3.8) is 0 Å². The fourth-order valence-electron chi connectivity index (χ4n) is 0.399. The molecule has 54 valence electrons. The number of carboxylic acid groups (broad SMARTS) is 1. The Morgan fingerprint density at radius 3 is 2.78 bits per heavy atom. The molecule has 0 rings (SSSR count). The van der Waals surface area contributed by atoms with E-state index < -0.39 is 12.0 Å². The van der Waals surface area contributed by atoms with Gasteiger partial charge in [-0.2, -0.15) is 0 Å². The van der Waals surface area contributed by atoms with E-state index in [-0.39, 0.29) is 6.42 Å². The average molecular weight is 133 g/mol. The van der Waals surface area contributed by atoms with Crippen molar-refractivity contribution in [1.82, 2.24) is 0 Å². The third-order valence-electron chi connectivity index (χ3n) is 0.925. The second kappa shape index (κ2) is 4.29. The minimum atomic E-state index is -1.86. The predicted molar refractivity (Wildman–Crippen MR) is 33.9 cm³/mol. The number of hydrogen-bond donors (Lipinski definition) is 3. The molecular formula is C5H12N2O2. The molecule has 1 atom stereocenters. The van der Waals surface area contributed by atoms with Gasteiger partial charge in [-0.05, 0) is 19.4 Å². The van der Waals surface area contributed by atoms with Gasteiger partial charge in [-0.15, -0.1) is 0 Å². The zero-order chi connectivity index (χ0) is 8.20. The first-order valence-corrected chi connectivity index (χ1v) is 2.73. The summed E-state index contributed by atoms with van der Waals surface area (Å²) in [5.74, 6) is -1.30. The van der Waals surface area contributed by atoms with Gasteiger partial charge in [0.1, 0.15) is 6.02 Å². The molecule has 0 saturated carbocycles. The smallest absolute Gasteiger partial charge is 0.320 e. The van der Waals surface area contributed by atoms with Crippen LogP contribution in [0.15, 0.2) is 0 Å². The lowest BCUT2D eigenvalue weighted by atomic mass is 10.2. The van der Waals surface area contributed by atoms with Crippen molar-refractivity contribution in [3.8, 4) is 0 Å². The molecule has 0 aromatic heterocycles. The summed E-state index contributed by atoms with van der Waals surface area (Å²) in [5, 5.41) is 8.31. The van der Waals surface area contributed by atoms with Crippen molar-refractivity contribution < 1.29 is 11.3 Å². The summed E-state index contributed by atoms with van der Waals surface area (Å²) in [5.41, 5.74) is 10.2. The van der Waals surface area contributed by atoms with Gasteiger partial charge in [0.05, 0.1) is 1.37 Å². The highest BCUT2D eigenvalue weighted by atomic mass is 16.4. The lowest BCUT2D eigenvalue weighted by Crippen LogP contribution is -2.30. The summed E-state index contributed by atoms with van der Waals surface area (Å²) < 4.78 is 7.01. The molecule has 0 aliphatic heterocycles. The molecular weight excluding hydrogens is 120 g/mol. The zero-order valence-electron chi connectivity index (χ0n) is 6.13. The summed E-state index contributed by atoms with van der Waals surface area (Å²) in [6.45, 7) is 0.366. The van der Waals surface area contributed by atoms with Gasteiger partial charge in [0, 0.05) is 0 Å². The first-order chi connectivity index (χ1) is 4.50. The van der Waals surface area contributed by atoms with Crippen LogP contribution in [0.25, 0.3) is 0 Å². The van der Waals surface area contributed by atoms with Crippen LogP contribution in [-0.2, 0) is 4.79 Å². The van der Waals surface area contributed by atoms with Gasteiger partial charge >= 0.3 is 5.97 Å². The standard InChI is InChI=1S/C5H12N2O2/c6-3-1-2-4(7)5(8)9/h4H,1-3,6-7H2,(H,8,9)/i4D. The molecule has 1 unspecified atom stereocenters. The highest BCUT2D eigenvalue weighted by molar-refractivity contribution is 5.72. The van der Waals surface area contributed by atoms with Crippen LogP contribution in [0.5, 0.6) is 0 Å². The van der Waals surface area contributed by atoms with E-state index in [1.54, 1.807) is 0 Å². The molecule has 0 heterocycles. The summed E-state index contributed by atoms with van der Waals surface area (Å²) in [6, 6.07) is -1.86. The number of carboxylic acids is 1. The lowest BCUT2D eigenvalue weighted by Gasteiger charge is -2.02. The second-order valence-electron chi connectivity index (χ2n) is 1.72. The van der Waals surface area contributed by atoms with E-state index in [2.05, 4.69) is 0 Å². The Hall–Kier alpha value is -0.610. The van der Waals surface area contributed by atoms with Crippen LogP contribution in [-0.4, -0.2) is 23.6 Å². The molecule has 0 radical (unpaired) electrons. The second-order valence-corrected chi connectivity index (χ2v) is 1.72. The van der Waals surface area contributed by atoms with Crippen LogP contribution >= 0.6 is 0 Å². The first kappa shape index (κ1) is 6.51. The Bertz CT molecular complexity index is 127. The van der Waals surface area contributed by atoms with Crippen LogP contribution in [0, 0.1) is 0 Å². The third kappa shape index (κ3) is 3.93. The Kier molecular flexibility index (Phi) is 3.10. The molecule has 0 aliphatic carbocycles. The molecule has 9 heavy (non-hydrogen) atoms. The summed E-state index contributed by atoms with van der Waals surface area (Å²) in [7, 11) is 0. The summed E-state index contributed by atoms with van der Waals surface area (Å²) >= 11 is 0. The minimum Gasteiger partial charge on any atom is -0.480 e. The van der Waals surface area contributed by atoms with Gasteiger partial charge in [-0.1, -0.05) is 0 Å². The Morgan fingerprint density at radius 1 is 1.89 bits per heavy atom. The topological polar surface area (TPSA) is 89.3 Å². The van der Waals surface area contributed by atoms with Crippen molar-refractivity contribution in [3.05, 3.63) is 0 Å².